The van der Waals surface area contributed by atoms with E-state index in [0.29, 0.717) is 11.4 Å². The van der Waals surface area contributed by atoms with Crippen LogP contribution in [0.5, 0.6) is 0 Å². The van der Waals surface area contributed by atoms with Crippen molar-refractivity contribution in [3.8, 4) is 0 Å². The van der Waals surface area contributed by atoms with E-state index in [-0.39, 0.29) is 18.0 Å². The Kier molecular flexibility index (Phi) is 3.15. The average Bonchev–Trinajstić information content (AvgIpc) is 2.92. The summed E-state index contributed by atoms with van der Waals surface area (Å²) in [6, 6.07) is 7.43. The quantitative estimate of drug-likeness (QED) is 0.842. The first-order valence-corrected chi connectivity index (χ1v) is 6.06. The van der Waals surface area contributed by atoms with Crippen molar-refractivity contribution >= 4 is 17.6 Å². The summed E-state index contributed by atoms with van der Waals surface area (Å²) in [4.78, 5) is 11.8. The van der Waals surface area contributed by atoms with Gasteiger partial charge in [-0.2, -0.15) is 0 Å². The van der Waals surface area contributed by atoms with Gasteiger partial charge in [0.1, 0.15) is 5.54 Å². The van der Waals surface area contributed by atoms with Gasteiger partial charge in [-0.25, -0.2) is 0 Å². The number of carbonyl (C=O) groups excluding carboxylic acids is 1. The maximum absolute atomic E-state index is 11.8. The van der Waals surface area contributed by atoms with Crippen LogP contribution in [0.25, 0.3) is 0 Å². The van der Waals surface area contributed by atoms with E-state index in [0.717, 1.165) is 5.56 Å². The zero-order chi connectivity index (χ0) is 12.6. The van der Waals surface area contributed by atoms with Gasteiger partial charge in [0.15, 0.2) is 0 Å². The molecule has 2 rings (SSSR count). The second-order valence-corrected chi connectivity index (χ2v) is 5.24. The lowest BCUT2D eigenvalue weighted by molar-refractivity contribution is -0.150. The van der Waals surface area contributed by atoms with Crippen LogP contribution in [0, 0.1) is 0 Å². The molecule has 0 heterocycles. The number of halogens is 1. The number of nitrogens with two attached hydrogens (primary N) is 1. The Balaban J connectivity index is 2.08. The normalized spacial score (nSPS) is 27.0. The van der Waals surface area contributed by atoms with Crippen molar-refractivity contribution in [1.29, 1.82) is 0 Å². The molecule has 0 spiro atoms. The van der Waals surface area contributed by atoms with E-state index in [2.05, 4.69) is 0 Å². The molecule has 1 aromatic carbocycles. The molecule has 2 atom stereocenters. The lowest BCUT2D eigenvalue weighted by atomic mass is 10.1. The van der Waals surface area contributed by atoms with E-state index < -0.39 is 5.54 Å². The van der Waals surface area contributed by atoms with Gasteiger partial charge in [-0.1, -0.05) is 23.7 Å². The van der Waals surface area contributed by atoms with E-state index in [1.807, 2.05) is 38.1 Å². The van der Waals surface area contributed by atoms with Crippen molar-refractivity contribution in [3.05, 3.63) is 34.9 Å². The summed E-state index contributed by atoms with van der Waals surface area (Å²) < 4.78 is 5.16. The number of hydrogen-bond donors (Lipinski definition) is 1. The molecule has 0 bridgehead atoms. The van der Waals surface area contributed by atoms with E-state index in [1.54, 1.807) is 0 Å². The summed E-state index contributed by atoms with van der Waals surface area (Å²) >= 11 is 5.82. The second-order valence-electron chi connectivity index (χ2n) is 4.80. The molecule has 2 unspecified atom stereocenters. The predicted molar refractivity (Wildman–Crippen MR) is 67.0 cm³/mol. The highest BCUT2D eigenvalue weighted by Gasteiger charge is 2.59. The van der Waals surface area contributed by atoms with Gasteiger partial charge >= 0.3 is 5.97 Å². The largest absolute Gasteiger partial charge is 0.462 e. The minimum Gasteiger partial charge on any atom is -0.462 e. The maximum atomic E-state index is 11.8. The first kappa shape index (κ1) is 12.4. The fourth-order valence-corrected chi connectivity index (χ4v) is 2.06. The fourth-order valence-electron chi connectivity index (χ4n) is 1.94. The molecule has 0 aromatic heterocycles. The van der Waals surface area contributed by atoms with Crippen LogP contribution in [0.1, 0.15) is 31.7 Å². The molecule has 0 amide bonds. The zero-order valence-corrected chi connectivity index (χ0v) is 10.7. The van der Waals surface area contributed by atoms with Gasteiger partial charge in [0, 0.05) is 10.9 Å². The van der Waals surface area contributed by atoms with Crippen LogP contribution in [-0.4, -0.2) is 17.6 Å². The van der Waals surface area contributed by atoms with Gasteiger partial charge in [-0.05, 0) is 38.0 Å². The smallest absolute Gasteiger partial charge is 0.327 e. The molecule has 0 saturated heterocycles. The number of benzene rings is 1. The maximum Gasteiger partial charge on any atom is 0.327 e. The minimum absolute atomic E-state index is 0.0472. The Morgan fingerprint density at radius 3 is 2.59 bits per heavy atom. The topological polar surface area (TPSA) is 52.3 Å². The Bertz CT molecular complexity index is 430. The van der Waals surface area contributed by atoms with E-state index in [9.17, 15) is 4.79 Å². The predicted octanol–water partition coefficient (Wildman–Crippen LogP) is 2.48. The van der Waals surface area contributed by atoms with Gasteiger partial charge in [0.2, 0.25) is 0 Å². The van der Waals surface area contributed by atoms with Crippen LogP contribution >= 0.6 is 11.6 Å². The lowest BCUT2D eigenvalue weighted by Gasteiger charge is -2.14. The molecule has 1 aliphatic rings. The summed E-state index contributed by atoms with van der Waals surface area (Å²) in [7, 11) is 0. The van der Waals surface area contributed by atoms with Crippen molar-refractivity contribution in [2.24, 2.45) is 5.73 Å². The summed E-state index contributed by atoms with van der Waals surface area (Å²) in [6.45, 7) is 3.64. The highest BCUT2D eigenvalue weighted by Crippen LogP contribution is 2.50. The Hall–Kier alpha value is -1.06. The van der Waals surface area contributed by atoms with Crippen molar-refractivity contribution in [2.45, 2.75) is 37.8 Å². The fraction of sp³-hybridized carbons (Fsp3) is 0.462. The van der Waals surface area contributed by atoms with Crippen LogP contribution in [0.15, 0.2) is 24.3 Å². The highest BCUT2D eigenvalue weighted by atomic mass is 35.5. The molecular weight excluding hydrogens is 238 g/mol. The number of carbonyl (C=O) groups is 1. The van der Waals surface area contributed by atoms with Crippen LogP contribution in [0.3, 0.4) is 0 Å². The zero-order valence-electron chi connectivity index (χ0n) is 9.94. The van der Waals surface area contributed by atoms with Crippen LogP contribution < -0.4 is 5.73 Å². The third-order valence-corrected chi connectivity index (χ3v) is 3.25. The molecule has 92 valence electrons. The second kappa shape index (κ2) is 4.31. The van der Waals surface area contributed by atoms with Crippen molar-refractivity contribution in [1.82, 2.24) is 0 Å². The molecule has 17 heavy (non-hydrogen) atoms. The van der Waals surface area contributed by atoms with Crippen molar-refractivity contribution in [3.63, 3.8) is 0 Å². The van der Waals surface area contributed by atoms with E-state index in [1.165, 1.54) is 0 Å². The lowest BCUT2D eigenvalue weighted by Crippen LogP contribution is -2.37. The van der Waals surface area contributed by atoms with Gasteiger partial charge < -0.3 is 10.5 Å². The van der Waals surface area contributed by atoms with E-state index >= 15 is 0 Å². The van der Waals surface area contributed by atoms with Crippen LogP contribution in [0.4, 0.5) is 0 Å². The summed E-state index contributed by atoms with van der Waals surface area (Å²) in [6.07, 6.45) is 0.509. The monoisotopic (exact) mass is 253 g/mol. The molecule has 0 radical (unpaired) electrons. The average molecular weight is 254 g/mol. The number of hydrogen-bond acceptors (Lipinski definition) is 3. The molecule has 0 aliphatic heterocycles. The summed E-state index contributed by atoms with van der Waals surface area (Å²) in [5.41, 5.74) is 6.24. The minimum atomic E-state index is -0.849. The Morgan fingerprint density at radius 1 is 1.47 bits per heavy atom. The molecule has 1 aliphatic carbocycles. The van der Waals surface area contributed by atoms with Crippen molar-refractivity contribution < 1.29 is 9.53 Å². The molecule has 1 saturated carbocycles. The first-order valence-electron chi connectivity index (χ1n) is 5.69. The molecule has 1 fully saturated rings. The Labute approximate surface area is 106 Å². The molecule has 2 N–H and O–H groups in total. The number of rotatable bonds is 3. The summed E-state index contributed by atoms with van der Waals surface area (Å²) in [5.74, 6) is -0.265. The first-order chi connectivity index (χ1) is 7.93. The number of ether oxygens (including phenoxy) is 1. The standard InChI is InChI=1S/C13H16ClNO2/c1-8(2)17-12(16)13(15)7-11(13)9-3-5-10(14)6-4-9/h3-6,8,11H,7,15H2,1-2H3. The number of esters is 1. The SMILES string of the molecule is CC(C)OC(=O)C1(N)CC1c1ccc(Cl)cc1. The van der Waals surface area contributed by atoms with Crippen LogP contribution in [0.2, 0.25) is 5.02 Å². The van der Waals surface area contributed by atoms with Gasteiger partial charge in [0.05, 0.1) is 6.10 Å². The summed E-state index contributed by atoms with van der Waals surface area (Å²) in [5, 5.41) is 0.682. The highest BCUT2D eigenvalue weighted by molar-refractivity contribution is 6.30. The third kappa shape index (κ3) is 2.45. The van der Waals surface area contributed by atoms with Crippen molar-refractivity contribution in [2.75, 3.05) is 0 Å². The van der Waals surface area contributed by atoms with E-state index in [4.69, 9.17) is 22.1 Å². The molecule has 1 aromatic rings. The van der Waals surface area contributed by atoms with Gasteiger partial charge in [0.25, 0.3) is 0 Å². The Morgan fingerprint density at radius 2 is 2.06 bits per heavy atom. The third-order valence-electron chi connectivity index (χ3n) is 3.00. The molecule has 4 heteroatoms. The molecule has 3 nitrogen and oxygen atoms in total. The van der Waals surface area contributed by atoms with Crippen LogP contribution in [-0.2, 0) is 9.53 Å². The molecular formula is C13H16ClNO2. The van der Waals surface area contributed by atoms with Gasteiger partial charge in [-0.15, -0.1) is 0 Å². The van der Waals surface area contributed by atoms with Gasteiger partial charge in [-0.3, -0.25) is 4.79 Å².